The van der Waals surface area contributed by atoms with Crippen LogP contribution in [0.1, 0.15) is 16.1 Å². The fourth-order valence-corrected chi connectivity index (χ4v) is 1.84. The average molecular weight is 289 g/mol. The maximum atomic E-state index is 11.9. The van der Waals surface area contributed by atoms with Crippen molar-refractivity contribution in [1.29, 1.82) is 0 Å². The van der Waals surface area contributed by atoms with Gasteiger partial charge in [0.25, 0.3) is 5.91 Å². The molecule has 0 bridgehead atoms. The van der Waals surface area contributed by atoms with Gasteiger partial charge < -0.3 is 15.5 Å². The fourth-order valence-electron chi connectivity index (χ4n) is 1.84. The lowest BCUT2D eigenvalue weighted by molar-refractivity contribution is -0.139. The lowest BCUT2D eigenvalue weighted by Crippen LogP contribution is -2.42. The van der Waals surface area contributed by atoms with Crippen LogP contribution in [-0.2, 0) is 18.3 Å². The Bertz CT molecular complexity index is 648. The molecule has 1 unspecified atom stereocenters. The summed E-state index contributed by atoms with van der Waals surface area (Å²) in [5.74, 6) is -1.57. The lowest BCUT2D eigenvalue weighted by atomic mass is 10.1. The minimum Gasteiger partial charge on any atom is -0.508 e. The Morgan fingerprint density at radius 1 is 1.29 bits per heavy atom. The number of rotatable bonds is 5. The molecule has 2 rings (SSSR count). The number of benzene rings is 1. The Hall–Kier alpha value is -2.83. The van der Waals surface area contributed by atoms with Crippen molar-refractivity contribution in [2.75, 3.05) is 0 Å². The first kappa shape index (κ1) is 14.6. The van der Waals surface area contributed by atoms with Crippen LogP contribution in [0.4, 0.5) is 0 Å². The molecule has 1 aromatic heterocycles. The van der Waals surface area contributed by atoms with Gasteiger partial charge in [0.1, 0.15) is 17.5 Å². The molecular weight excluding hydrogens is 274 g/mol. The third-order valence-electron chi connectivity index (χ3n) is 2.93. The van der Waals surface area contributed by atoms with E-state index in [9.17, 15) is 19.8 Å². The zero-order valence-electron chi connectivity index (χ0n) is 11.4. The zero-order valence-corrected chi connectivity index (χ0v) is 11.4. The van der Waals surface area contributed by atoms with E-state index in [0.29, 0.717) is 5.56 Å². The van der Waals surface area contributed by atoms with Crippen LogP contribution < -0.4 is 5.32 Å². The van der Waals surface area contributed by atoms with Gasteiger partial charge in [-0.2, -0.15) is 5.10 Å². The van der Waals surface area contributed by atoms with E-state index in [1.807, 2.05) is 0 Å². The summed E-state index contributed by atoms with van der Waals surface area (Å²) < 4.78 is 1.46. The predicted molar refractivity (Wildman–Crippen MR) is 73.9 cm³/mol. The highest BCUT2D eigenvalue weighted by Gasteiger charge is 2.22. The molecule has 1 amide bonds. The Morgan fingerprint density at radius 2 is 1.95 bits per heavy atom. The van der Waals surface area contributed by atoms with Gasteiger partial charge in [-0.1, -0.05) is 12.1 Å². The monoisotopic (exact) mass is 289 g/mol. The number of aromatic nitrogens is 2. The average Bonchev–Trinajstić information content (AvgIpc) is 2.87. The van der Waals surface area contributed by atoms with Gasteiger partial charge >= 0.3 is 5.97 Å². The second kappa shape index (κ2) is 6.08. The first-order valence-electron chi connectivity index (χ1n) is 6.27. The van der Waals surface area contributed by atoms with Crippen LogP contribution in [0.3, 0.4) is 0 Å². The number of aromatic hydroxyl groups is 1. The smallest absolute Gasteiger partial charge is 0.326 e. The number of hydrogen-bond donors (Lipinski definition) is 3. The van der Waals surface area contributed by atoms with Crippen LogP contribution >= 0.6 is 0 Å². The maximum Gasteiger partial charge on any atom is 0.326 e. The van der Waals surface area contributed by atoms with Crippen molar-refractivity contribution in [3.63, 3.8) is 0 Å². The first-order valence-corrected chi connectivity index (χ1v) is 6.27. The molecule has 0 radical (unpaired) electrons. The summed E-state index contributed by atoms with van der Waals surface area (Å²) in [7, 11) is 1.67. The van der Waals surface area contributed by atoms with Crippen LogP contribution in [0.2, 0.25) is 0 Å². The van der Waals surface area contributed by atoms with Crippen LogP contribution in [0.15, 0.2) is 36.5 Å². The highest BCUT2D eigenvalue weighted by atomic mass is 16.4. The SMILES string of the molecule is Cn1ccc(C(=O)NC(Cc2ccc(O)cc2)C(=O)O)n1. The second-order valence-corrected chi connectivity index (χ2v) is 4.61. The number of phenolic OH excluding ortho intramolecular Hbond substituents is 1. The van der Waals surface area contributed by atoms with Gasteiger partial charge in [0.05, 0.1) is 0 Å². The van der Waals surface area contributed by atoms with Gasteiger partial charge in [-0.3, -0.25) is 9.48 Å². The molecular formula is C14H15N3O4. The number of aliphatic carboxylic acids is 1. The van der Waals surface area contributed by atoms with Crippen molar-refractivity contribution in [2.24, 2.45) is 7.05 Å². The number of nitrogens with zero attached hydrogens (tertiary/aromatic N) is 2. The number of amides is 1. The Morgan fingerprint density at radius 3 is 2.48 bits per heavy atom. The first-order chi connectivity index (χ1) is 9.95. The molecule has 0 saturated heterocycles. The highest BCUT2D eigenvalue weighted by molar-refractivity contribution is 5.94. The second-order valence-electron chi connectivity index (χ2n) is 4.61. The summed E-state index contributed by atoms with van der Waals surface area (Å²) in [6.45, 7) is 0. The van der Waals surface area contributed by atoms with Gasteiger partial charge in [-0.25, -0.2) is 4.79 Å². The number of carbonyl (C=O) groups excluding carboxylic acids is 1. The van der Waals surface area contributed by atoms with Crippen LogP contribution in [0, 0.1) is 0 Å². The van der Waals surface area contributed by atoms with E-state index in [1.165, 1.54) is 22.9 Å². The van der Waals surface area contributed by atoms with Crippen LogP contribution in [-0.4, -0.2) is 37.9 Å². The zero-order chi connectivity index (χ0) is 15.4. The topological polar surface area (TPSA) is 104 Å². The number of hydrogen-bond acceptors (Lipinski definition) is 4. The molecule has 0 spiro atoms. The molecule has 7 heteroatoms. The standard InChI is InChI=1S/C14H15N3O4/c1-17-7-6-11(16-17)13(19)15-12(14(20)21)8-9-2-4-10(18)5-3-9/h2-7,12,18H,8H2,1H3,(H,15,19)(H,20,21). The van der Waals surface area contributed by atoms with E-state index >= 15 is 0 Å². The molecule has 0 aliphatic rings. The number of aryl methyl sites for hydroxylation is 1. The quantitative estimate of drug-likeness (QED) is 0.745. The highest BCUT2D eigenvalue weighted by Crippen LogP contribution is 2.11. The minimum absolute atomic E-state index is 0.100. The van der Waals surface area contributed by atoms with E-state index in [1.54, 1.807) is 25.4 Å². The largest absolute Gasteiger partial charge is 0.508 e. The van der Waals surface area contributed by atoms with Crippen molar-refractivity contribution >= 4 is 11.9 Å². The van der Waals surface area contributed by atoms with Crippen LogP contribution in [0.25, 0.3) is 0 Å². The number of carbonyl (C=O) groups is 2. The number of carboxylic acids is 1. The van der Waals surface area contributed by atoms with E-state index in [-0.39, 0.29) is 17.9 Å². The van der Waals surface area contributed by atoms with E-state index < -0.39 is 17.9 Å². The third kappa shape index (κ3) is 3.82. The number of nitrogens with one attached hydrogen (secondary N) is 1. The van der Waals surface area contributed by atoms with Crippen LogP contribution in [0.5, 0.6) is 5.75 Å². The molecule has 2 aromatic rings. The summed E-state index contributed by atoms with van der Waals surface area (Å²) in [6.07, 6.45) is 1.72. The van der Waals surface area contributed by atoms with Gasteiger partial charge in [0.2, 0.25) is 0 Å². The summed E-state index contributed by atoms with van der Waals surface area (Å²) in [6, 6.07) is 6.60. The lowest BCUT2D eigenvalue weighted by Gasteiger charge is -2.13. The molecule has 1 heterocycles. The Kier molecular flexibility index (Phi) is 4.22. The molecule has 0 aliphatic carbocycles. The Labute approximate surface area is 120 Å². The summed E-state index contributed by atoms with van der Waals surface area (Å²) >= 11 is 0. The minimum atomic E-state index is -1.13. The van der Waals surface area contributed by atoms with Gasteiger partial charge in [0, 0.05) is 19.7 Å². The molecule has 0 saturated carbocycles. The van der Waals surface area contributed by atoms with Crippen molar-refractivity contribution in [1.82, 2.24) is 15.1 Å². The third-order valence-corrected chi connectivity index (χ3v) is 2.93. The molecule has 0 fully saturated rings. The summed E-state index contributed by atoms with van der Waals surface area (Å²) in [5, 5.41) is 24.8. The molecule has 0 aliphatic heterocycles. The fraction of sp³-hybridized carbons (Fsp3) is 0.214. The normalized spacial score (nSPS) is 11.9. The molecule has 1 atom stereocenters. The van der Waals surface area contributed by atoms with Crippen molar-refractivity contribution < 1.29 is 19.8 Å². The summed E-state index contributed by atoms with van der Waals surface area (Å²) in [5.41, 5.74) is 0.857. The maximum absolute atomic E-state index is 11.9. The predicted octanol–water partition coefficient (Wildman–Crippen LogP) is 0.551. The van der Waals surface area contributed by atoms with Crippen molar-refractivity contribution in [3.8, 4) is 5.75 Å². The molecule has 110 valence electrons. The van der Waals surface area contributed by atoms with Gasteiger partial charge in [-0.15, -0.1) is 0 Å². The molecule has 3 N–H and O–H groups in total. The summed E-state index contributed by atoms with van der Waals surface area (Å²) in [4.78, 5) is 23.2. The van der Waals surface area contributed by atoms with E-state index in [2.05, 4.69) is 10.4 Å². The van der Waals surface area contributed by atoms with E-state index in [0.717, 1.165) is 0 Å². The Balaban J connectivity index is 2.07. The van der Waals surface area contributed by atoms with E-state index in [4.69, 9.17) is 0 Å². The molecule has 1 aromatic carbocycles. The van der Waals surface area contributed by atoms with Crippen molar-refractivity contribution in [2.45, 2.75) is 12.5 Å². The van der Waals surface area contributed by atoms with Gasteiger partial charge in [0.15, 0.2) is 0 Å². The van der Waals surface area contributed by atoms with Crippen molar-refractivity contribution in [3.05, 3.63) is 47.8 Å². The number of phenols is 1. The molecule has 7 nitrogen and oxygen atoms in total. The number of carboxylic acid groups (broad SMARTS) is 1. The van der Waals surface area contributed by atoms with Gasteiger partial charge in [-0.05, 0) is 23.8 Å². The molecule has 21 heavy (non-hydrogen) atoms.